The van der Waals surface area contributed by atoms with E-state index in [0.717, 1.165) is 17.8 Å². The monoisotopic (exact) mass is 319 g/mol. The van der Waals surface area contributed by atoms with Crippen molar-refractivity contribution in [3.8, 4) is 0 Å². The average Bonchev–Trinajstić information content (AvgIpc) is 2.97. The summed E-state index contributed by atoms with van der Waals surface area (Å²) in [6.45, 7) is 10.3. The third kappa shape index (κ3) is 2.71. The minimum Gasteiger partial charge on any atom is -0.305 e. The molecule has 0 aromatic heterocycles. The van der Waals surface area contributed by atoms with Crippen molar-refractivity contribution in [2.75, 3.05) is 7.05 Å². The van der Waals surface area contributed by atoms with Crippen molar-refractivity contribution in [1.29, 1.82) is 0 Å². The molecule has 3 atom stereocenters. The first-order valence-corrected chi connectivity index (χ1v) is 8.50. The smallest absolute Gasteiger partial charge is 0.161 e. The maximum absolute atomic E-state index is 4.84. The first kappa shape index (κ1) is 16.3. The topological polar surface area (TPSA) is 18.8 Å². The Morgan fingerprint density at radius 2 is 1.92 bits per heavy atom. The van der Waals surface area contributed by atoms with Gasteiger partial charge in [-0.2, -0.15) is 5.10 Å². The zero-order valence-electron chi connectivity index (χ0n) is 14.5. The van der Waals surface area contributed by atoms with Crippen LogP contribution in [0, 0.1) is 11.8 Å². The Kier molecular flexibility index (Phi) is 4.70. The van der Waals surface area contributed by atoms with E-state index in [-0.39, 0.29) is 18.0 Å². The lowest BCUT2D eigenvalue weighted by molar-refractivity contribution is 0.170. The second kappa shape index (κ2) is 6.91. The second-order valence-corrected chi connectivity index (χ2v) is 6.17. The third-order valence-electron chi connectivity index (χ3n) is 4.77. The standard InChI is InChI=1S/C21H25N3/c1-5-16-14-11-15-19(18(16)6-2)24-20(7-3)23(4)22-21(24)17-12-9-8-10-13-17/h5-6,8-16,18,20H,1-2,7H2,3-4H3. The van der Waals surface area contributed by atoms with Crippen LogP contribution in [-0.4, -0.2) is 29.0 Å². The summed E-state index contributed by atoms with van der Waals surface area (Å²) in [7, 11) is 2.05. The molecule has 0 saturated heterocycles. The van der Waals surface area contributed by atoms with Gasteiger partial charge in [-0.05, 0) is 12.5 Å². The van der Waals surface area contributed by atoms with Gasteiger partial charge in [-0.3, -0.25) is 5.01 Å². The molecule has 3 nitrogen and oxygen atoms in total. The highest BCUT2D eigenvalue weighted by atomic mass is 15.6. The lowest BCUT2D eigenvalue weighted by atomic mass is 9.84. The van der Waals surface area contributed by atoms with Gasteiger partial charge in [0, 0.05) is 30.1 Å². The Hall–Kier alpha value is -2.55. The molecule has 0 radical (unpaired) electrons. The summed E-state index contributed by atoms with van der Waals surface area (Å²) in [4.78, 5) is 2.36. The zero-order valence-corrected chi connectivity index (χ0v) is 14.5. The molecule has 3 unspecified atom stereocenters. The number of amidine groups is 1. The predicted octanol–water partition coefficient (Wildman–Crippen LogP) is 4.39. The summed E-state index contributed by atoms with van der Waals surface area (Å²) < 4.78 is 0. The Balaban J connectivity index is 2.06. The number of hydrogen-bond acceptors (Lipinski definition) is 3. The minimum atomic E-state index is 0.210. The van der Waals surface area contributed by atoms with E-state index in [4.69, 9.17) is 5.10 Å². The van der Waals surface area contributed by atoms with Gasteiger partial charge in [-0.1, -0.05) is 61.6 Å². The molecule has 2 aliphatic rings. The lowest BCUT2D eigenvalue weighted by Gasteiger charge is -2.37. The fourth-order valence-corrected chi connectivity index (χ4v) is 3.55. The van der Waals surface area contributed by atoms with Crippen molar-refractivity contribution in [3.63, 3.8) is 0 Å². The molecule has 0 fully saturated rings. The quantitative estimate of drug-likeness (QED) is 0.750. The van der Waals surface area contributed by atoms with Crippen molar-refractivity contribution in [2.24, 2.45) is 16.9 Å². The first-order valence-electron chi connectivity index (χ1n) is 8.50. The van der Waals surface area contributed by atoms with E-state index >= 15 is 0 Å². The molecule has 1 aromatic rings. The van der Waals surface area contributed by atoms with Crippen molar-refractivity contribution in [2.45, 2.75) is 19.5 Å². The molecule has 0 saturated carbocycles. The molecule has 0 amide bonds. The van der Waals surface area contributed by atoms with Gasteiger partial charge in [-0.15, -0.1) is 13.2 Å². The molecule has 1 heterocycles. The Bertz CT molecular complexity index is 699. The van der Waals surface area contributed by atoms with E-state index in [0.29, 0.717) is 0 Å². The highest BCUT2D eigenvalue weighted by Gasteiger charge is 2.37. The van der Waals surface area contributed by atoms with Crippen LogP contribution in [0.2, 0.25) is 0 Å². The van der Waals surface area contributed by atoms with Crippen LogP contribution in [0.5, 0.6) is 0 Å². The highest BCUT2D eigenvalue weighted by Crippen LogP contribution is 2.36. The summed E-state index contributed by atoms with van der Waals surface area (Å²) in [5.74, 6) is 1.48. The van der Waals surface area contributed by atoms with Gasteiger partial charge in [0.2, 0.25) is 0 Å². The molecule has 1 aliphatic heterocycles. The van der Waals surface area contributed by atoms with Crippen LogP contribution in [0.15, 0.2) is 84.7 Å². The maximum atomic E-state index is 4.84. The number of allylic oxidation sites excluding steroid dienone is 5. The Morgan fingerprint density at radius 3 is 2.54 bits per heavy atom. The normalized spacial score (nSPS) is 26.2. The lowest BCUT2D eigenvalue weighted by Crippen LogP contribution is -2.42. The zero-order chi connectivity index (χ0) is 17.1. The van der Waals surface area contributed by atoms with Crippen molar-refractivity contribution < 1.29 is 0 Å². The van der Waals surface area contributed by atoms with Gasteiger partial charge in [0.1, 0.15) is 6.17 Å². The third-order valence-corrected chi connectivity index (χ3v) is 4.77. The minimum absolute atomic E-state index is 0.210. The maximum Gasteiger partial charge on any atom is 0.161 e. The van der Waals surface area contributed by atoms with E-state index in [9.17, 15) is 0 Å². The summed E-state index contributed by atoms with van der Waals surface area (Å²) in [6, 6.07) is 10.4. The van der Waals surface area contributed by atoms with E-state index in [1.54, 1.807) is 0 Å². The Morgan fingerprint density at radius 1 is 1.17 bits per heavy atom. The SMILES string of the molecule is C=CC1C=CC=C(N2C(c3ccccc3)=NN(C)C2CC)C1C=C. The second-order valence-electron chi connectivity index (χ2n) is 6.17. The predicted molar refractivity (Wildman–Crippen MR) is 101 cm³/mol. The van der Waals surface area contributed by atoms with Crippen molar-refractivity contribution in [3.05, 3.63) is 85.1 Å². The number of hydrazone groups is 1. The number of nitrogens with zero attached hydrogens (tertiary/aromatic N) is 3. The molecular formula is C21H25N3. The molecule has 3 rings (SSSR count). The molecule has 3 heteroatoms. The largest absolute Gasteiger partial charge is 0.305 e. The van der Waals surface area contributed by atoms with Gasteiger partial charge >= 0.3 is 0 Å². The molecule has 24 heavy (non-hydrogen) atoms. The van der Waals surface area contributed by atoms with E-state index in [1.807, 2.05) is 25.3 Å². The van der Waals surface area contributed by atoms with Gasteiger partial charge in [-0.25, -0.2) is 0 Å². The highest BCUT2D eigenvalue weighted by molar-refractivity contribution is 6.00. The van der Waals surface area contributed by atoms with Gasteiger partial charge < -0.3 is 4.90 Å². The van der Waals surface area contributed by atoms with E-state index in [2.05, 4.69) is 72.5 Å². The van der Waals surface area contributed by atoms with Crippen LogP contribution in [0.4, 0.5) is 0 Å². The van der Waals surface area contributed by atoms with Crippen LogP contribution >= 0.6 is 0 Å². The van der Waals surface area contributed by atoms with Gasteiger partial charge in [0.15, 0.2) is 5.84 Å². The molecule has 124 valence electrons. The van der Waals surface area contributed by atoms with Gasteiger partial charge in [0.05, 0.1) is 0 Å². The fourth-order valence-electron chi connectivity index (χ4n) is 3.55. The first-order chi connectivity index (χ1) is 11.7. The van der Waals surface area contributed by atoms with Crippen molar-refractivity contribution in [1.82, 2.24) is 9.91 Å². The van der Waals surface area contributed by atoms with Crippen LogP contribution < -0.4 is 0 Å². The van der Waals surface area contributed by atoms with Gasteiger partial charge in [0.25, 0.3) is 0 Å². The van der Waals surface area contributed by atoms with Crippen LogP contribution in [0.25, 0.3) is 0 Å². The Labute approximate surface area is 145 Å². The molecule has 0 spiro atoms. The summed E-state index contributed by atoms with van der Waals surface area (Å²) in [5.41, 5.74) is 2.37. The molecule has 0 N–H and O–H groups in total. The van der Waals surface area contributed by atoms with E-state index in [1.165, 1.54) is 5.70 Å². The average molecular weight is 319 g/mol. The number of rotatable bonds is 5. The summed E-state index contributed by atoms with van der Waals surface area (Å²) in [5, 5.41) is 6.90. The van der Waals surface area contributed by atoms with Crippen molar-refractivity contribution >= 4 is 5.84 Å². The van der Waals surface area contributed by atoms with Crippen LogP contribution in [0.1, 0.15) is 18.9 Å². The summed E-state index contributed by atoms with van der Waals surface area (Å²) >= 11 is 0. The number of hydrogen-bond donors (Lipinski definition) is 0. The number of benzene rings is 1. The van der Waals surface area contributed by atoms with Crippen LogP contribution in [0.3, 0.4) is 0 Å². The van der Waals surface area contributed by atoms with Crippen LogP contribution in [-0.2, 0) is 0 Å². The molecule has 1 aromatic carbocycles. The molecule has 0 bridgehead atoms. The molecular weight excluding hydrogens is 294 g/mol. The molecule has 1 aliphatic carbocycles. The summed E-state index contributed by atoms with van der Waals surface area (Å²) in [6.07, 6.45) is 11.7. The fraction of sp³-hybridized carbons (Fsp3) is 0.286. The van der Waals surface area contributed by atoms with E-state index < -0.39 is 0 Å².